The Morgan fingerprint density at radius 1 is 1.24 bits per heavy atom. The van der Waals surface area contributed by atoms with E-state index in [4.69, 9.17) is 0 Å². The predicted molar refractivity (Wildman–Crippen MR) is 81.0 cm³/mol. The van der Waals surface area contributed by atoms with Crippen LogP contribution >= 0.6 is 0 Å². The zero-order chi connectivity index (χ0) is 15.1. The maximum Gasteiger partial charge on any atom is 0.305 e. The lowest BCUT2D eigenvalue weighted by atomic mass is 10.1. The fourth-order valence-corrected chi connectivity index (χ4v) is 2.02. The van der Waals surface area contributed by atoms with Gasteiger partial charge in [0.25, 0.3) is 0 Å². The SMILES string of the molecule is COC(=O)CCc1ccc(NC(=O)CNCC2CC2)cc1. The van der Waals surface area contributed by atoms with Gasteiger partial charge in [0.2, 0.25) is 5.91 Å². The number of benzene rings is 1. The fourth-order valence-electron chi connectivity index (χ4n) is 2.02. The van der Waals surface area contributed by atoms with Crippen molar-refractivity contribution in [2.45, 2.75) is 25.7 Å². The smallest absolute Gasteiger partial charge is 0.305 e. The summed E-state index contributed by atoms with van der Waals surface area (Å²) in [4.78, 5) is 22.8. The molecule has 1 fully saturated rings. The van der Waals surface area contributed by atoms with Crippen LogP contribution in [0.5, 0.6) is 0 Å². The van der Waals surface area contributed by atoms with Crippen LogP contribution in [0.15, 0.2) is 24.3 Å². The lowest BCUT2D eigenvalue weighted by Gasteiger charge is -2.07. The van der Waals surface area contributed by atoms with Crippen molar-refractivity contribution < 1.29 is 14.3 Å². The molecule has 0 bridgehead atoms. The first-order chi connectivity index (χ1) is 10.2. The maximum atomic E-state index is 11.7. The highest BCUT2D eigenvalue weighted by Crippen LogP contribution is 2.27. The topological polar surface area (TPSA) is 67.4 Å². The van der Waals surface area contributed by atoms with E-state index >= 15 is 0 Å². The lowest BCUT2D eigenvalue weighted by Crippen LogP contribution is -2.29. The number of methoxy groups -OCH3 is 1. The Kier molecular flexibility index (Phi) is 5.75. The minimum Gasteiger partial charge on any atom is -0.469 e. The molecule has 5 heteroatoms. The Labute approximate surface area is 125 Å². The number of rotatable bonds is 8. The highest BCUT2D eigenvalue weighted by Gasteiger charge is 2.20. The van der Waals surface area contributed by atoms with Gasteiger partial charge in [-0.15, -0.1) is 0 Å². The van der Waals surface area contributed by atoms with E-state index in [0.29, 0.717) is 19.4 Å². The molecule has 0 unspecified atom stereocenters. The summed E-state index contributed by atoms with van der Waals surface area (Å²) in [6.45, 7) is 1.28. The molecule has 0 atom stereocenters. The lowest BCUT2D eigenvalue weighted by molar-refractivity contribution is -0.140. The van der Waals surface area contributed by atoms with E-state index in [9.17, 15) is 9.59 Å². The van der Waals surface area contributed by atoms with E-state index in [-0.39, 0.29) is 11.9 Å². The summed E-state index contributed by atoms with van der Waals surface area (Å²) >= 11 is 0. The number of nitrogens with one attached hydrogen (secondary N) is 2. The van der Waals surface area contributed by atoms with Crippen molar-refractivity contribution >= 4 is 17.6 Å². The number of aryl methyl sites for hydroxylation is 1. The summed E-state index contributed by atoms with van der Waals surface area (Å²) < 4.78 is 4.60. The van der Waals surface area contributed by atoms with Gasteiger partial charge in [-0.1, -0.05) is 12.1 Å². The summed E-state index contributed by atoms with van der Waals surface area (Å²) in [6.07, 6.45) is 3.57. The maximum absolute atomic E-state index is 11.7. The summed E-state index contributed by atoms with van der Waals surface area (Å²) in [7, 11) is 1.39. The van der Waals surface area contributed by atoms with Crippen molar-refractivity contribution in [3.63, 3.8) is 0 Å². The molecule has 0 heterocycles. The Morgan fingerprint density at radius 3 is 2.57 bits per heavy atom. The van der Waals surface area contributed by atoms with E-state index < -0.39 is 0 Å². The highest BCUT2D eigenvalue weighted by molar-refractivity contribution is 5.92. The van der Waals surface area contributed by atoms with Gasteiger partial charge in [0.15, 0.2) is 0 Å². The summed E-state index contributed by atoms with van der Waals surface area (Å²) in [5.41, 5.74) is 1.82. The number of hydrogen-bond donors (Lipinski definition) is 2. The van der Waals surface area contributed by atoms with Crippen LogP contribution in [0, 0.1) is 5.92 Å². The fraction of sp³-hybridized carbons (Fsp3) is 0.500. The number of hydrogen-bond acceptors (Lipinski definition) is 4. The molecule has 1 aromatic rings. The number of carbonyl (C=O) groups excluding carboxylic acids is 2. The Bertz CT molecular complexity index is 481. The summed E-state index contributed by atoms with van der Waals surface area (Å²) in [6, 6.07) is 7.53. The zero-order valence-electron chi connectivity index (χ0n) is 12.4. The van der Waals surface area contributed by atoms with Crippen LogP contribution in [-0.4, -0.2) is 32.1 Å². The molecule has 1 aliphatic rings. The average molecular weight is 290 g/mol. The van der Waals surface area contributed by atoms with Crippen molar-refractivity contribution in [2.75, 3.05) is 25.5 Å². The van der Waals surface area contributed by atoms with E-state index in [0.717, 1.165) is 23.7 Å². The van der Waals surface area contributed by atoms with Gasteiger partial charge in [0, 0.05) is 12.1 Å². The number of amides is 1. The molecular weight excluding hydrogens is 268 g/mol. The van der Waals surface area contributed by atoms with Crippen LogP contribution in [0.2, 0.25) is 0 Å². The Morgan fingerprint density at radius 2 is 1.95 bits per heavy atom. The molecule has 0 aliphatic heterocycles. The van der Waals surface area contributed by atoms with E-state index in [1.165, 1.54) is 20.0 Å². The second kappa shape index (κ2) is 7.78. The van der Waals surface area contributed by atoms with Crippen molar-refractivity contribution in [1.29, 1.82) is 0 Å². The molecule has 2 N–H and O–H groups in total. The number of esters is 1. The minimum atomic E-state index is -0.214. The van der Waals surface area contributed by atoms with Crippen LogP contribution in [0.1, 0.15) is 24.8 Å². The molecule has 0 radical (unpaired) electrons. The molecule has 5 nitrogen and oxygen atoms in total. The van der Waals surface area contributed by atoms with Crippen molar-refractivity contribution in [3.05, 3.63) is 29.8 Å². The van der Waals surface area contributed by atoms with Gasteiger partial charge in [-0.05, 0) is 49.4 Å². The van der Waals surface area contributed by atoms with Crippen LogP contribution < -0.4 is 10.6 Å². The molecule has 0 saturated heterocycles. The molecule has 1 aliphatic carbocycles. The monoisotopic (exact) mass is 290 g/mol. The highest BCUT2D eigenvalue weighted by atomic mass is 16.5. The van der Waals surface area contributed by atoms with Gasteiger partial charge in [-0.2, -0.15) is 0 Å². The van der Waals surface area contributed by atoms with E-state index in [2.05, 4.69) is 15.4 Å². The summed E-state index contributed by atoms with van der Waals surface area (Å²) in [5, 5.41) is 6.00. The predicted octanol–water partition coefficient (Wildman–Crippen LogP) is 1.73. The van der Waals surface area contributed by atoms with Gasteiger partial charge in [-0.3, -0.25) is 9.59 Å². The van der Waals surface area contributed by atoms with Crippen molar-refractivity contribution in [1.82, 2.24) is 5.32 Å². The number of carbonyl (C=O) groups is 2. The van der Waals surface area contributed by atoms with Crippen LogP contribution in [0.4, 0.5) is 5.69 Å². The van der Waals surface area contributed by atoms with E-state index in [1.54, 1.807) is 0 Å². The summed E-state index contributed by atoms with van der Waals surface area (Å²) in [5.74, 6) is 0.527. The molecule has 1 aromatic carbocycles. The minimum absolute atomic E-state index is 0.0297. The molecular formula is C16H22N2O3. The Balaban J connectivity index is 1.70. The molecule has 114 valence electrons. The molecule has 2 rings (SSSR count). The third kappa shape index (κ3) is 5.95. The molecule has 1 saturated carbocycles. The molecule has 0 spiro atoms. The molecule has 21 heavy (non-hydrogen) atoms. The second-order valence-corrected chi connectivity index (χ2v) is 5.40. The number of anilines is 1. The first-order valence-corrected chi connectivity index (χ1v) is 7.33. The first kappa shape index (κ1) is 15.5. The third-order valence-electron chi connectivity index (χ3n) is 3.50. The standard InChI is InChI=1S/C16H22N2O3/c1-21-16(20)9-6-12-4-7-14(8-5-12)18-15(19)11-17-10-13-2-3-13/h4-5,7-8,13,17H,2-3,6,9-11H2,1H3,(H,18,19). The quantitative estimate of drug-likeness (QED) is 0.716. The first-order valence-electron chi connectivity index (χ1n) is 7.33. The average Bonchev–Trinajstić information content (AvgIpc) is 3.30. The van der Waals surface area contributed by atoms with Crippen LogP contribution in [0.3, 0.4) is 0 Å². The molecule has 1 amide bonds. The molecule has 0 aromatic heterocycles. The van der Waals surface area contributed by atoms with Gasteiger partial charge < -0.3 is 15.4 Å². The number of ether oxygens (including phenoxy) is 1. The van der Waals surface area contributed by atoms with Gasteiger partial charge in [0.05, 0.1) is 13.7 Å². The van der Waals surface area contributed by atoms with Crippen LogP contribution in [-0.2, 0) is 20.7 Å². The van der Waals surface area contributed by atoms with Crippen LogP contribution in [0.25, 0.3) is 0 Å². The van der Waals surface area contributed by atoms with E-state index in [1.807, 2.05) is 24.3 Å². The van der Waals surface area contributed by atoms with Gasteiger partial charge in [0.1, 0.15) is 0 Å². The Hall–Kier alpha value is -1.88. The zero-order valence-corrected chi connectivity index (χ0v) is 12.4. The van der Waals surface area contributed by atoms with Crippen molar-refractivity contribution in [2.24, 2.45) is 5.92 Å². The normalized spacial score (nSPS) is 13.8. The van der Waals surface area contributed by atoms with Crippen molar-refractivity contribution in [3.8, 4) is 0 Å². The van der Waals surface area contributed by atoms with Gasteiger partial charge >= 0.3 is 5.97 Å². The third-order valence-corrected chi connectivity index (χ3v) is 3.50. The van der Waals surface area contributed by atoms with Gasteiger partial charge in [-0.25, -0.2) is 0 Å². The second-order valence-electron chi connectivity index (χ2n) is 5.40. The largest absolute Gasteiger partial charge is 0.469 e.